The van der Waals surface area contributed by atoms with Crippen molar-refractivity contribution in [2.45, 2.75) is 58.5 Å². The lowest BCUT2D eigenvalue weighted by molar-refractivity contribution is -0.224. The third-order valence-electron chi connectivity index (χ3n) is 10.3. The van der Waals surface area contributed by atoms with E-state index in [1.165, 1.54) is 10.3 Å². The Labute approximate surface area is 272 Å². The van der Waals surface area contributed by atoms with Crippen molar-refractivity contribution in [1.29, 1.82) is 0 Å². The molecule has 2 heterocycles. The number of rotatable bonds is 7. The van der Waals surface area contributed by atoms with Crippen LogP contribution in [0.4, 0.5) is 0 Å². The Morgan fingerprint density at radius 2 is 1.80 bits per heavy atom. The second-order valence-corrected chi connectivity index (χ2v) is 15.9. The zero-order valence-corrected chi connectivity index (χ0v) is 27.3. The smallest absolute Gasteiger partial charge is 0.324 e. The first-order valence-electron chi connectivity index (χ1n) is 14.9. The summed E-state index contributed by atoms with van der Waals surface area (Å²) in [6.45, 7) is 7.44. The van der Waals surface area contributed by atoms with Crippen molar-refractivity contribution in [2.24, 2.45) is 34.0 Å². The lowest BCUT2D eigenvalue weighted by Crippen LogP contribution is -2.70. The van der Waals surface area contributed by atoms with E-state index in [2.05, 4.69) is 6.58 Å². The highest BCUT2D eigenvalue weighted by atomic mass is 32.9. The molecule has 1 saturated heterocycles. The molecule has 0 N–H and O–H groups in total. The molecule has 6 rings (SSSR count). The van der Waals surface area contributed by atoms with Crippen LogP contribution in [0.25, 0.3) is 10.4 Å². The van der Waals surface area contributed by atoms with Gasteiger partial charge in [-0.1, -0.05) is 53.3 Å². The first kappa shape index (κ1) is 31.6. The number of ether oxygens (including phenoxy) is 3. The highest BCUT2D eigenvalue weighted by Crippen LogP contribution is 2.67. The molecule has 12 heteroatoms. The Morgan fingerprint density at radius 1 is 1.09 bits per heavy atom. The number of esters is 3. The lowest BCUT2D eigenvalue weighted by atomic mass is 9.44. The van der Waals surface area contributed by atoms with Crippen LogP contribution in [0.5, 0.6) is 5.75 Å². The largest absolute Gasteiger partial charge is 0.464 e. The molecule has 1 aliphatic heterocycles. The minimum Gasteiger partial charge on any atom is -0.464 e. The molecule has 4 aliphatic rings. The molecule has 1 aromatic heterocycles. The minimum absolute atomic E-state index is 0.143. The summed E-state index contributed by atoms with van der Waals surface area (Å²) in [4.78, 5) is 80.8. The fourth-order valence-electron chi connectivity index (χ4n) is 8.14. The Kier molecular flexibility index (Phi) is 8.06. The number of carbonyl (C=O) groups excluding carboxylic acids is 6. The van der Waals surface area contributed by atoms with Gasteiger partial charge in [0.15, 0.2) is 11.2 Å². The van der Waals surface area contributed by atoms with Crippen LogP contribution in [-0.4, -0.2) is 48.5 Å². The molecule has 0 unspecified atom stereocenters. The fourth-order valence-corrected chi connectivity index (χ4v) is 10.5. The van der Waals surface area contributed by atoms with Gasteiger partial charge >= 0.3 is 17.9 Å². The first-order valence-corrected chi connectivity index (χ1v) is 17.4. The van der Waals surface area contributed by atoms with Crippen molar-refractivity contribution < 1.29 is 43.0 Å². The second kappa shape index (κ2) is 11.5. The highest BCUT2D eigenvalue weighted by molar-refractivity contribution is 7.80. The van der Waals surface area contributed by atoms with Gasteiger partial charge in [-0.15, -0.1) is 0 Å². The maximum absolute atomic E-state index is 13.9. The zero-order valence-electron chi connectivity index (χ0n) is 24.8. The fraction of sp³-hybridized carbons (Fsp3) is 0.485. The van der Waals surface area contributed by atoms with E-state index in [-0.39, 0.29) is 37.2 Å². The molecule has 45 heavy (non-hydrogen) atoms. The molecule has 236 valence electrons. The molecule has 3 saturated carbocycles. The van der Waals surface area contributed by atoms with Gasteiger partial charge in [-0.05, 0) is 66.1 Å². The van der Waals surface area contributed by atoms with Crippen molar-refractivity contribution in [3.05, 3.63) is 46.3 Å². The molecule has 2 spiro atoms. The van der Waals surface area contributed by atoms with Gasteiger partial charge in [-0.25, -0.2) is 0 Å². The Morgan fingerprint density at radius 3 is 2.47 bits per heavy atom. The molecular weight excluding hydrogens is 637 g/mol. The third-order valence-corrected chi connectivity index (χ3v) is 13.2. The van der Waals surface area contributed by atoms with E-state index in [0.717, 1.165) is 20.6 Å². The number of benzene rings is 1. The van der Waals surface area contributed by atoms with E-state index in [1.54, 1.807) is 22.5 Å². The van der Waals surface area contributed by atoms with Gasteiger partial charge in [0.25, 0.3) is 0 Å². The first-order chi connectivity index (χ1) is 21.4. The second-order valence-electron chi connectivity index (χ2n) is 13.0. The summed E-state index contributed by atoms with van der Waals surface area (Å²) in [5, 5.41) is 0. The van der Waals surface area contributed by atoms with Crippen molar-refractivity contribution in [1.82, 2.24) is 0 Å². The van der Waals surface area contributed by atoms with Gasteiger partial charge in [-0.2, -0.15) is 0 Å². The number of Topliss-reactive ketones (excluding diaryl/α,β-unsaturated/α-hetero) is 2. The number of aldehydes is 1. The molecule has 2 bridgehead atoms. The summed E-state index contributed by atoms with van der Waals surface area (Å²) in [6, 6.07) is 8.83. The summed E-state index contributed by atoms with van der Waals surface area (Å²) in [5.74, 6) is -5.17. The predicted octanol–water partition coefficient (Wildman–Crippen LogP) is 5.70. The molecule has 0 amide bonds. The summed E-state index contributed by atoms with van der Waals surface area (Å²) in [6.07, 6.45) is 0.154. The number of hydrogen-bond donors (Lipinski definition) is 0. The van der Waals surface area contributed by atoms with Crippen LogP contribution < -0.4 is 4.74 Å². The van der Waals surface area contributed by atoms with E-state index in [4.69, 9.17) is 26.4 Å². The van der Waals surface area contributed by atoms with Gasteiger partial charge in [0.05, 0.1) is 18.3 Å². The van der Waals surface area contributed by atoms with Gasteiger partial charge in [0.2, 0.25) is 0 Å². The lowest BCUT2D eigenvalue weighted by Gasteiger charge is -2.59. The van der Waals surface area contributed by atoms with Crippen LogP contribution in [0, 0.1) is 37.8 Å². The summed E-state index contributed by atoms with van der Waals surface area (Å²) in [5.41, 5.74) is -2.89. The summed E-state index contributed by atoms with van der Waals surface area (Å²) >= 11 is 5.18. The topological polar surface area (TPSA) is 130 Å². The van der Waals surface area contributed by atoms with Crippen LogP contribution >= 0.6 is 32.9 Å². The number of ketones is 2. The molecule has 1 aromatic carbocycles. The number of carbonyl (C=O) groups is 6. The van der Waals surface area contributed by atoms with Gasteiger partial charge in [0.1, 0.15) is 34.4 Å². The van der Waals surface area contributed by atoms with Crippen LogP contribution in [0.1, 0.15) is 52.4 Å². The van der Waals surface area contributed by atoms with E-state index in [9.17, 15) is 28.8 Å². The van der Waals surface area contributed by atoms with E-state index in [1.807, 2.05) is 32.0 Å². The normalized spacial score (nSPS) is 31.7. The van der Waals surface area contributed by atoms with Crippen LogP contribution in [-0.2, 0) is 38.2 Å². The van der Waals surface area contributed by atoms with Gasteiger partial charge < -0.3 is 19.0 Å². The molecule has 9 nitrogen and oxygen atoms in total. The van der Waals surface area contributed by atoms with Gasteiger partial charge in [0, 0.05) is 29.1 Å². The SMILES string of the molecule is C=C1C(=O)[C@@]23C(=O)OC[C@]4(C(=O)CCC(C)(C)[C@H]4C=O)[C@@H]2CC[C@@H]1[C@H]3OC(=O)CCC(=O)Oc1ccc(-c2cc(=S)ss2)cc1. The standard InChI is InChI=1S/C33H32O9S3/c1-17-20-8-9-22-32(23(15-34)31(2,3)13-12-24(32)35)16-40-30(39)33(22,28(17)38)29(20)42-26(37)11-10-25(36)41-19-6-4-18(5-7-19)21-14-27(43)45-44-21/h4-7,14-15,20,22-23,29H,1,8-13,16H2,2-3H3/t20-,22-,23+,29+,32-,33-/m0/s1. The maximum atomic E-state index is 13.9. The molecule has 6 atom stereocenters. The molecule has 2 aromatic rings. The van der Waals surface area contributed by atoms with E-state index < -0.39 is 63.8 Å². The summed E-state index contributed by atoms with van der Waals surface area (Å²) < 4.78 is 17.7. The number of hydrogen-bond acceptors (Lipinski definition) is 12. The molecular formula is C33H32O9S3. The van der Waals surface area contributed by atoms with Gasteiger partial charge in [-0.3, -0.25) is 24.0 Å². The average Bonchev–Trinajstić information content (AvgIpc) is 3.49. The Balaban J connectivity index is 1.19. The average molecular weight is 669 g/mol. The molecule has 0 radical (unpaired) electrons. The quantitative estimate of drug-likeness (QED) is 0.0689. The van der Waals surface area contributed by atoms with E-state index in [0.29, 0.717) is 25.0 Å². The maximum Gasteiger partial charge on any atom is 0.324 e. The van der Waals surface area contributed by atoms with Crippen LogP contribution in [0.15, 0.2) is 42.5 Å². The predicted molar refractivity (Wildman–Crippen MR) is 167 cm³/mol. The van der Waals surface area contributed by atoms with E-state index >= 15 is 0 Å². The Bertz CT molecular complexity index is 1680. The summed E-state index contributed by atoms with van der Waals surface area (Å²) in [7, 11) is 3.06. The molecule has 3 aliphatic carbocycles. The van der Waals surface area contributed by atoms with Crippen molar-refractivity contribution >= 4 is 68.7 Å². The third kappa shape index (κ3) is 4.87. The van der Waals surface area contributed by atoms with Crippen molar-refractivity contribution in [3.8, 4) is 16.2 Å². The molecule has 4 fully saturated rings. The van der Waals surface area contributed by atoms with Crippen LogP contribution in [0.2, 0.25) is 0 Å². The van der Waals surface area contributed by atoms with Crippen molar-refractivity contribution in [3.63, 3.8) is 0 Å². The Hall–Kier alpha value is -3.35. The number of fused-ring (bicyclic) bond motifs is 2. The zero-order chi connectivity index (χ0) is 32.3. The minimum atomic E-state index is -1.98. The monoisotopic (exact) mass is 668 g/mol. The highest BCUT2D eigenvalue weighted by Gasteiger charge is 2.78. The number of cyclic esters (lactones) is 1. The van der Waals surface area contributed by atoms with Crippen LogP contribution in [0.3, 0.4) is 0 Å². The van der Waals surface area contributed by atoms with Crippen molar-refractivity contribution in [2.75, 3.05) is 6.61 Å².